The van der Waals surface area contributed by atoms with Crippen LogP contribution in [0.25, 0.3) is 0 Å². The Balaban J connectivity index is 4.62. The molecule has 0 aliphatic rings. The number of aliphatic hydroxyl groups excluding tert-OH is 1. The minimum atomic E-state index is -1.47. The van der Waals surface area contributed by atoms with Gasteiger partial charge < -0.3 is 30.8 Å². The average Bonchev–Trinajstić information content (AvgIpc) is 2.39. The molecule has 0 fully saturated rings. The topological polar surface area (TPSA) is 193 Å². The van der Waals surface area contributed by atoms with E-state index >= 15 is 0 Å². The largest absolute Gasteiger partial charge is 0.481 e. The van der Waals surface area contributed by atoms with E-state index in [0.717, 1.165) is 0 Å². The van der Waals surface area contributed by atoms with Gasteiger partial charge in [0.2, 0.25) is 0 Å². The van der Waals surface area contributed by atoms with Gasteiger partial charge in [-0.2, -0.15) is 0 Å². The Bertz CT molecular complexity index is 426. The van der Waals surface area contributed by atoms with Crippen molar-refractivity contribution >= 4 is 23.9 Å². The Morgan fingerprint density at radius 3 is 1.64 bits per heavy atom. The molecule has 3 unspecified atom stereocenters. The van der Waals surface area contributed by atoms with Crippen molar-refractivity contribution in [2.24, 2.45) is 0 Å². The van der Waals surface area contributed by atoms with Crippen LogP contribution in [0, 0.1) is 0 Å². The lowest BCUT2D eigenvalue weighted by Crippen LogP contribution is -2.52. The molecule has 0 aliphatic heterocycles. The van der Waals surface area contributed by atoms with E-state index in [1.165, 1.54) is 0 Å². The molecular weight excluding hydrogens is 304 g/mol. The summed E-state index contributed by atoms with van der Waals surface area (Å²) >= 11 is 0. The zero-order chi connectivity index (χ0) is 17.3. The van der Waals surface area contributed by atoms with E-state index < -0.39 is 61.5 Å². The molecule has 3 atom stereocenters. The van der Waals surface area contributed by atoms with Crippen molar-refractivity contribution in [1.82, 2.24) is 10.6 Å². The van der Waals surface area contributed by atoms with Crippen LogP contribution in [0.3, 0.4) is 0 Å². The van der Waals surface area contributed by atoms with E-state index in [0.29, 0.717) is 0 Å². The highest BCUT2D eigenvalue weighted by molar-refractivity contribution is 5.81. The van der Waals surface area contributed by atoms with Crippen molar-refractivity contribution in [2.75, 3.05) is 13.2 Å². The third-order valence-electron chi connectivity index (χ3n) is 2.62. The molecule has 0 saturated carbocycles. The van der Waals surface area contributed by atoms with Crippen LogP contribution in [0.15, 0.2) is 0 Å². The second-order valence-electron chi connectivity index (χ2n) is 4.43. The van der Waals surface area contributed by atoms with Gasteiger partial charge >= 0.3 is 23.9 Å². The van der Waals surface area contributed by atoms with Gasteiger partial charge in [-0.3, -0.25) is 24.5 Å². The molecule has 0 spiro atoms. The van der Waals surface area contributed by atoms with Gasteiger partial charge in [0.15, 0.2) is 0 Å². The Labute approximate surface area is 124 Å². The monoisotopic (exact) mass is 322 g/mol. The maximum Gasteiger partial charge on any atom is 0.321 e. The van der Waals surface area contributed by atoms with Gasteiger partial charge in [0.05, 0.1) is 19.4 Å². The van der Waals surface area contributed by atoms with Crippen molar-refractivity contribution in [3.8, 4) is 0 Å². The quantitative estimate of drug-likeness (QED) is 0.199. The second kappa shape index (κ2) is 9.65. The third kappa shape index (κ3) is 8.14. The third-order valence-corrected chi connectivity index (χ3v) is 2.62. The smallest absolute Gasteiger partial charge is 0.321 e. The fraction of sp³-hybridized carbons (Fsp3) is 0.636. The number of carboxylic acid groups (broad SMARTS) is 4. The van der Waals surface area contributed by atoms with Gasteiger partial charge in [-0.05, 0) is 0 Å². The van der Waals surface area contributed by atoms with Crippen LogP contribution >= 0.6 is 0 Å². The first-order chi connectivity index (χ1) is 10.2. The standard InChI is InChI=1S/C11H18N2O9/c14-4-5(13-7(11(21)22)2-9(17)18)3-12-6(10(19)20)1-8(15)16/h5-7,12-14H,1-4H2,(H,15,16)(H,17,18)(H,19,20)(H,21,22). The number of hydrogen-bond acceptors (Lipinski definition) is 7. The Morgan fingerprint density at radius 1 is 0.818 bits per heavy atom. The highest BCUT2D eigenvalue weighted by Gasteiger charge is 2.26. The Morgan fingerprint density at radius 2 is 1.27 bits per heavy atom. The number of aliphatic carboxylic acids is 4. The molecule has 0 heterocycles. The summed E-state index contributed by atoms with van der Waals surface area (Å²) in [5.74, 6) is -5.57. The lowest BCUT2D eigenvalue weighted by Gasteiger charge is -2.22. The fourth-order valence-corrected chi connectivity index (χ4v) is 1.56. The average molecular weight is 322 g/mol. The number of carboxylic acids is 4. The minimum Gasteiger partial charge on any atom is -0.481 e. The summed E-state index contributed by atoms with van der Waals surface area (Å²) in [7, 11) is 0. The predicted molar refractivity (Wildman–Crippen MR) is 69.4 cm³/mol. The van der Waals surface area contributed by atoms with Crippen molar-refractivity contribution < 1.29 is 44.7 Å². The van der Waals surface area contributed by atoms with Gasteiger partial charge in [-0.25, -0.2) is 0 Å². The number of aliphatic hydroxyl groups is 1. The second-order valence-corrected chi connectivity index (χ2v) is 4.43. The molecule has 126 valence electrons. The van der Waals surface area contributed by atoms with Crippen LogP contribution < -0.4 is 10.6 Å². The van der Waals surface area contributed by atoms with Gasteiger partial charge in [-0.15, -0.1) is 0 Å². The molecule has 0 radical (unpaired) electrons. The molecule has 7 N–H and O–H groups in total. The zero-order valence-corrected chi connectivity index (χ0v) is 11.4. The van der Waals surface area contributed by atoms with Gasteiger partial charge in [0, 0.05) is 12.6 Å². The summed E-state index contributed by atoms with van der Waals surface area (Å²) in [5.41, 5.74) is 0. The summed E-state index contributed by atoms with van der Waals surface area (Å²) < 4.78 is 0. The minimum absolute atomic E-state index is 0.260. The molecule has 0 amide bonds. The molecule has 11 nitrogen and oxygen atoms in total. The SMILES string of the molecule is O=C(O)CC(NCC(CO)NC(CC(=O)O)C(=O)O)C(=O)O. The van der Waals surface area contributed by atoms with Crippen LogP contribution in [0.2, 0.25) is 0 Å². The van der Waals surface area contributed by atoms with E-state index in [9.17, 15) is 19.2 Å². The first-order valence-corrected chi connectivity index (χ1v) is 6.16. The van der Waals surface area contributed by atoms with Crippen LogP contribution in [-0.2, 0) is 19.2 Å². The van der Waals surface area contributed by atoms with E-state index in [4.69, 9.17) is 25.5 Å². The first kappa shape index (κ1) is 19.8. The van der Waals surface area contributed by atoms with Crippen molar-refractivity contribution in [2.45, 2.75) is 31.0 Å². The first-order valence-electron chi connectivity index (χ1n) is 6.16. The van der Waals surface area contributed by atoms with Crippen molar-refractivity contribution in [3.63, 3.8) is 0 Å². The van der Waals surface area contributed by atoms with Gasteiger partial charge in [-0.1, -0.05) is 0 Å². The summed E-state index contributed by atoms with van der Waals surface area (Å²) in [6.07, 6.45) is -1.44. The number of rotatable bonds is 12. The maximum atomic E-state index is 10.9. The summed E-state index contributed by atoms with van der Waals surface area (Å²) in [6, 6.07) is -3.86. The van der Waals surface area contributed by atoms with Gasteiger partial charge in [0.25, 0.3) is 0 Å². The number of nitrogens with one attached hydrogen (secondary N) is 2. The van der Waals surface area contributed by atoms with E-state index in [2.05, 4.69) is 10.6 Å². The number of hydrogen-bond donors (Lipinski definition) is 7. The van der Waals surface area contributed by atoms with E-state index in [1.807, 2.05) is 0 Å². The Hall–Kier alpha value is -2.24. The van der Waals surface area contributed by atoms with Crippen LogP contribution in [0.5, 0.6) is 0 Å². The molecule has 0 rings (SSSR count). The zero-order valence-electron chi connectivity index (χ0n) is 11.4. The van der Waals surface area contributed by atoms with E-state index in [-0.39, 0.29) is 6.54 Å². The molecule has 11 heteroatoms. The van der Waals surface area contributed by atoms with E-state index in [1.54, 1.807) is 0 Å². The molecule has 0 aromatic rings. The maximum absolute atomic E-state index is 10.9. The molecule has 0 aromatic heterocycles. The lowest BCUT2D eigenvalue weighted by molar-refractivity contribution is -0.146. The van der Waals surface area contributed by atoms with Crippen LogP contribution in [-0.4, -0.2) is 80.7 Å². The normalized spacial score (nSPS) is 14.8. The highest BCUT2D eigenvalue weighted by Crippen LogP contribution is 1.98. The molecule has 0 aliphatic carbocycles. The molecule has 22 heavy (non-hydrogen) atoms. The molecule has 0 aromatic carbocycles. The highest BCUT2D eigenvalue weighted by atomic mass is 16.4. The Kier molecular flexibility index (Phi) is 8.67. The van der Waals surface area contributed by atoms with Crippen LogP contribution in [0.4, 0.5) is 0 Å². The molecular formula is C11H18N2O9. The number of carbonyl (C=O) groups is 4. The van der Waals surface area contributed by atoms with Gasteiger partial charge in [0.1, 0.15) is 12.1 Å². The fourth-order valence-electron chi connectivity index (χ4n) is 1.56. The summed E-state index contributed by atoms with van der Waals surface area (Å²) in [4.78, 5) is 42.8. The molecule has 0 saturated heterocycles. The van der Waals surface area contributed by atoms with Crippen molar-refractivity contribution in [1.29, 1.82) is 0 Å². The molecule has 0 bridgehead atoms. The van der Waals surface area contributed by atoms with Crippen molar-refractivity contribution in [3.05, 3.63) is 0 Å². The van der Waals surface area contributed by atoms with Crippen LogP contribution in [0.1, 0.15) is 12.8 Å². The predicted octanol–water partition coefficient (Wildman–Crippen LogP) is -2.62. The summed E-state index contributed by atoms with van der Waals surface area (Å²) in [6.45, 7) is -0.861. The summed E-state index contributed by atoms with van der Waals surface area (Å²) in [5, 5.41) is 48.6. The lowest BCUT2D eigenvalue weighted by atomic mass is 10.1.